The molecule has 0 saturated heterocycles. The molecule has 0 saturated carbocycles. The molecule has 0 aliphatic rings. The summed E-state index contributed by atoms with van der Waals surface area (Å²) in [7, 11) is 0. The largest absolute Gasteiger partial charge is 0.466 e. The van der Waals surface area contributed by atoms with Gasteiger partial charge in [-0.2, -0.15) is 5.26 Å². The van der Waals surface area contributed by atoms with E-state index >= 15 is 0 Å². The molecule has 0 heterocycles. The quantitative estimate of drug-likeness (QED) is 0.618. The zero-order valence-corrected chi connectivity index (χ0v) is 15.9. The third-order valence-electron chi connectivity index (χ3n) is 4.34. The van der Waals surface area contributed by atoms with Crippen molar-refractivity contribution < 1.29 is 19.1 Å². The lowest BCUT2D eigenvalue weighted by Crippen LogP contribution is -2.32. The van der Waals surface area contributed by atoms with Crippen molar-refractivity contribution in [2.45, 2.75) is 44.9 Å². The standard InChI is InChI=1S/C22H25NO4/c1-3-11-26-20(24)14-22(16-23,15-21(25)27-12-4-2)19-10-9-17-7-5-6-8-18(17)13-19/h5-10,13H,3-4,11-12,14-15H2,1-2H3. The van der Waals surface area contributed by atoms with Gasteiger partial charge in [0.2, 0.25) is 0 Å². The van der Waals surface area contributed by atoms with Crippen LogP contribution in [0.3, 0.4) is 0 Å². The second-order valence-electron chi connectivity index (χ2n) is 6.55. The van der Waals surface area contributed by atoms with Gasteiger partial charge in [-0.1, -0.05) is 50.2 Å². The summed E-state index contributed by atoms with van der Waals surface area (Å²) in [5, 5.41) is 12.0. The second-order valence-corrected chi connectivity index (χ2v) is 6.55. The summed E-state index contributed by atoms with van der Waals surface area (Å²) in [6.45, 7) is 4.38. The molecule has 0 aromatic heterocycles. The second kappa shape index (κ2) is 9.72. The van der Waals surface area contributed by atoms with Gasteiger partial charge in [-0.05, 0) is 35.2 Å². The van der Waals surface area contributed by atoms with E-state index in [0.717, 1.165) is 10.8 Å². The summed E-state index contributed by atoms with van der Waals surface area (Å²) in [4.78, 5) is 24.6. The van der Waals surface area contributed by atoms with Crippen molar-refractivity contribution in [1.82, 2.24) is 0 Å². The lowest BCUT2D eigenvalue weighted by Gasteiger charge is -2.26. The number of rotatable bonds is 9. The first-order valence-electron chi connectivity index (χ1n) is 9.26. The van der Waals surface area contributed by atoms with Gasteiger partial charge in [0.05, 0.1) is 32.1 Å². The molecule has 0 spiro atoms. The SMILES string of the molecule is CCCOC(=O)CC(C#N)(CC(=O)OCCC)c1ccc2ccccc2c1. The van der Waals surface area contributed by atoms with Gasteiger partial charge in [0, 0.05) is 0 Å². The van der Waals surface area contributed by atoms with Crippen LogP contribution in [-0.2, 0) is 24.5 Å². The Morgan fingerprint density at radius 2 is 1.48 bits per heavy atom. The van der Waals surface area contributed by atoms with Crippen molar-refractivity contribution in [2.75, 3.05) is 13.2 Å². The van der Waals surface area contributed by atoms with Crippen LogP contribution in [0.4, 0.5) is 0 Å². The van der Waals surface area contributed by atoms with E-state index in [1.807, 2.05) is 50.2 Å². The number of nitriles is 1. The minimum Gasteiger partial charge on any atom is -0.466 e. The molecule has 0 amide bonds. The van der Waals surface area contributed by atoms with E-state index in [1.54, 1.807) is 6.07 Å². The topological polar surface area (TPSA) is 76.4 Å². The molecule has 2 aromatic carbocycles. The molecular weight excluding hydrogens is 342 g/mol. The molecular formula is C22H25NO4. The zero-order chi connectivity index (χ0) is 19.7. The minimum atomic E-state index is -1.32. The maximum atomic E-state index is 12.3. The maximum Gasteiger partial charge on any atom is 0.307 e. The van der Waals surface area contributed by atoms with E-state index in [2.05, 4.69) is 6.07 Å². The van der Waals surface area contributed by atoms with Crippen molar-refractivity contribution in [1.29, 1.82) is 5.26 Å². The van der Waals surface area contributed by atoms with Gasteiger partial charge in [-0.25, -0.2) is 0 Å². The summed E-state index contributed by atoms with van der Waals surface area (Å²) in [6.07, 6.45) is 1.01. The van der Waals surface area contributed by atoms with E-state index in [9.17, 15) is 14.9 Å². The number of ether oxygens (including phenoxy) is 2. The number of esters is 2. The first kappa shape index (κ1) is 20.4. The van der Waals surface area contributed by atoms with Gasteiger partial charge in [0.15, 0.2) is 0 Å². The highest BCUT2D eigenvalue weighted by atomic mass is 16.5. The molecule has 0 aliphatic carbocycles. The third kappa shape index (κ3) is 5.30. The predicted octanol–water partition coefficient (Wildman–Crippen LogP) is 4.29. The van der Waals surface area contributed by atoms with Crippen molar-refractivity contribution >= 4 is 22.7 Å². The molecule has 0 radical (unpaired) electrons. The Hall–Kier alpha value is -2.87. The average Bonchev–Trinajstić information content (AvgIpc) is 2.69. The Labute approximate surface area is 159 Å². The molecule has 0 unspecified atom stereocenters. The highest BCUT2D eigenvalue weighted by Crippen LogP contribution is 2.34. The molecule has 5 nitrogen and oxygen atoms in total. The summed E-state index contributed by atoms with van der Waals surface area (Å²) in [5.41, 5.74) is -0.703. The lowest BCUT2D eigenvalue weighted by atomic mass is 9.75. The fourth-order valence-electron chi connectivity index (χ4n) is 2.92. The molecule has 0 fully saturated rings. The molecule has 0 atom stereocenters. The van der Waals surface area contributed by atoms with Crippen LogP contribution in [0.25, 0.3) is 10.8 Å². The highest BCUT2D eigenvalue weighted by molar-refractivity contribution is 5.85. The van der Waals surface area contributed by atoms with E-state index in [4.69, 9.17) is 9.47 Å². The molecule has 0 N–H and O–H groups in total. The molecule has 0 bridgehead atoms. The fourth-order valence-corrected chi connectivity index (χ4v) is 2.92. The highest BCUT2D eigenvalue weighted by Gasteiger charge is 2.39. The summed E-state index contributed by atoms with van der Waals surface area (Å²) in [5.74, 6) is -0.982. The van der Waals surface area contributed by atoms with Crippen LogP contribution < -0.4 is 0 Å². The Kier molecular flexibility index (Phi) is 7.36. The summed E-state index contributed by atoms with van der Waals surface area (Å²) >= 11 is 0. The Bertz CT molecular complexity index is 816. The molecule has 0 aliphatic heterocycles. The molecule has 2 aromatic rings. The van der Waals surface area contributed by atoms with Crippen molar-refractivity contribution in [3.05, 3.63) is 48.0 Å². The number of nitrogens with zero attached hydrogens (tertiary/aromatic N) is 1. The minimum absolute atomic E-state index is 0.191. The lowest BCUT2D eigenvalue weighted by molar-refractivity contribution is -0.147. The zero-order valence-electron chi connectivity index (χ0n) is 15.9. The molecule has 2 rings (SSSR count). The van der Waals surface area contributed by atoms with Gasteiger partial charge in [0.25, 0.3) is 0 Å². The van der Waals surface area contributed by atoms with Crippen molar-refractivity contribution in [2.24, 2.45) is 0 Å². The number of benzene rings is 2. The summed E-state index contributed by atoms with van der Waals surface area (Å²) in [6, 6.07) is 15.5. The van der Waals surface area contributed by atoms with Gasteiger partial charge in [-0.15, -0.1) is 0 Å². The first-order chi connectivity index (χ1) is 13.0. The fraction of sp³-hybridized carbons (Fsp3) is 0.409. The number of carbonyl (C=O) groups excluding carboxylic acids is 2. The van der Waals surface area contributed by atoms with Gasteiger partial charge < -0.3 is 9.47 Å². The van der Waals surface area contributed by atoms with Crippen LogP contribution in [-0.4, -0.2) is 25.2 Å². The Balaban J connectivity index is 2.40. The number of hydrogen-bond donors (Lipinski definition) is 0. The van der Waals surface area contributed by atoms with E-state index < -0.39 is 17.4 Å². The Morgan fingerprint density at radius 3 is 2.00 bits per heavy atom. The van der Waals surface area contributed by atoms with Crippen molar-refractivity contribution in [3.63, 3.8) is 0 Å². The first-order valence-corrected chi connectivity index (χ1v) is 9.26. The molecule has 5 heteroatoms. The Morgan fingerprint density at radius 1 is 0.926 bits per heavy atom. The van der Waals surface area contributed by atoms with E-state index in [0.29, 0.717) is 31.6 Å². The smallest absolute Gasteiger partial charge is 0.307 e. The number of fused-ring (bicyclic) bond motifs is 1. The van der Waals surface area contributed by atoms with Gasteiger partial charge in [0.1, 0.15) is 5.41 Å². The van der Waals surface area contributed by atoms with Crippen LogP contribution in [0.2, 0.25) is 0 Å². The van der Waals surface area contributed by atoms with Crippen LogP contribution in [0.5, 0.6) is 0 Å². The van der Waals surface area contributed by atoms with E-state index in [1.165, 1.54) is 0 Å². The predicted molar refractivity (Wildman–Crippen MR) is 103 cm³/mol. The molecule has 142 valence electrons. The van der Waals surface area contributed by atoms with E-state index in [-0.39, 0.29) is 12.8 Å². The van der Waals surface area contributed by atoms with Crippen LogP contribution in [0, 0.1) is 11.3 Å². The van der Waals surface area contributed by atoms with Crippen LogP contribution in [0.1, 0.15) is 45.1 Å². The van der Waals surface area contributed by atoms with Gasteiger partial charge >= 0.3 is 11.9 Å². The normalized spacial score (nSPS) is 11.0. The average molecular weight is 367 g/mol. The number of hydrogen-bond acceptors (Lipinski definition) is 5. The van der Waals surface area contributed by atoms with Crippen molar-refractivity contribution in [3.8, 4) is 6.07 Å². The third-order valence-corrected chi connectivity index (χ3v) is 4.34. The maximum absolute atomic E-state index is 12.3. The monoisotopic (exact) mass is 367 g/mol. The molecule has 27 heavy (non-hydrogen) atoms. The van der Waals surface area contributed by atoms with Crippen LogP contribution in [0.15, 0.2) is 42.5 Å². The van der Waals surface area contributed by atoms with Gasteiger partial charge in [-0.3, -0.25) is 9.59 Å². The van der Waals surface area contributed by atoms with Crippen LogP contribution >= 0.6 is 0 Å². The summed E-state index contributed by atoms with van der Waals surface area (Å²) < 4.78 is 10.4. The number of carbonyl (C=O) groups is 2.